The highest BCUT2D eigenvalue weighted by Crippen LogP contribution is 2.14. The standard InChI is InChI=1S/C18H22N2O3S/c1-14-5-4-6-16(11-14)13-19-18(21)12-15-7-9-17(10-8-15)24(22,23)20(2)3/h4-11H,12-13H2,1-3H3,(H,19,21). The zero-order valence-electron chi connectivity index (χ0n) is 14.1. The summed E-state index contributed by atoms with van der Waals surface area (Å²) in [6, 6.07) is 14.4. The van der Waals surface area contributed by atoms with Crippen molar-refractivity contribution in [2.24, 2.45) is 0 Å². The van der Waals surface area contributed by atoms with E-state index >= 15 is 0 Å². The third-order valence-electron chi connectivity index (χ3n) is 3.64. The number of sulfonamides is 1. The SMILES string of the molecule is Cc1cccc(CNC(=O)Cc2ccc(S(=O)(=O)N(C)C)cc2)c1. The number of aryl methyl sites for hydroxylation is 1. The molecule has 0 bridgehead atoms. The summed E-state index contributed by atoms with van der Waals surface area (Å²) in [7, 11) is -0.464. The molecule has 1 amide bonds. The van der Waals surface area contributed by atoms with Crippen LogP contribution >= 0.6 is 0 Å². The van der Waals surface area contributed by atoms with E-state index in [1.54, 1.807) is 12.1 Å². The first-order chi connectivity index (χ1) is 11.3. The van der Waals surface area contributed by atoms with Gasteiger partial charge in [-0.05, 0) is 30.2 Å². The number of hydrogen-bond acceptors (Lipinski definition) is 3. The Kier molecular flexibility index (Phi) is 5.75. The van der Waals surface area contributed by atoms with Crippen LogP contribution in [0.4, 0.5) is 0 Å². The monoisotopic (exact) mass is 346 g/mol. The predicted octanol–water partition coefficient (Wildman–Crippen LogP) is 2.10. The molecule has 0 saturated heterocycles. The molecule has 0 saturated carbocycles. The van der Waals surface area contributed by atoms with Crippen LogP contribution in [0.25, 0.3) is 0 Å². The molecule has 0 unspecified atom stereocenters. The maximum absolute atomic E-state index is 12.0. The molecule has 0 aliphatic carbocycles. The van der Waals surface area contributed by atoms with Gasteiger partial charge in [-0.25, -0.2) is 12.7 Å². The van der Waals surface area contributed by atoms with Crippen molar-refractivity contribution in [2.45, 2.75) is 24.8 Å². The smallest absolute Gasteiger partial charge is 0.242 e. The molecule has 1 N–H and O–H groups in total. The van der Waals surface area contributed by atoms with E-state index in [4.69, 9.17) is 0 Å². The summed E-state index contributed by atoms with van der Waals surface area (Å²) in [5.74, 6) is -0.0975. The lowest BCUT2D eigenvalue weighted by Crippen LogP contribution is -2.24. The van der Waals surface area contributed by atoms with E-state index in [0.717, 1.165) is 21.0 Å². The fourth-order valence-electron chi connectivity index (χ4n) is 2.26. The third kappa shape index (κ3) is 4.66. The summed E-state index contributed by atoms with van der Waals surface area (Å²) in [5.41, 5.74) is 2.98. The van der Waals surface area contributed by atoms with E-state index in [9.17, 15) is 13.2 Å². The van der Waals surface area contributed by atoms with E-state index in [1.807, 2.05) is 31.2 Å². The number of nitrogens with zero attached hydrogens (tertiary/aromatic N) is 1. The Bertz CT molecular complexity index is 812. The van der Waals surface area contributed by atoms with Crippen molar-refractivity contribution < 1.29 is 13.2 Å². The number of carbonyl (C=O) groups excluding carboxylic acids is 1. The summed E-state index contributed by atoms with van der Waals surface area (Å²) >= 11 is 0. The molecule has 0 heterocycles. The molecular formula is C18H22N2O3S. The van der Waals surface area contributed by atoms with E-state index in [0.29, 0.717) is 6.54 Å². The summed E-state index contributed by atoms with van der Waals surface area (Å²) < 4.78 is 25.2. The second kappa shape index (κ2) is 7.59. The van der Waals surface area contributed by atoms with E-state index < -0.39 is 10.0 Å². The maximum atomic E-state index is 12.0. The minimum Gasteiger partial charge on any atom is -0.352 e. The number of benzene rings is 2. The number of carbonyl (C=O) groups is 1. The van der Waals surface area contributed by atoms with Gasteiger partial charge >= 0.3 is 0 Å². The Hall–Kier alpha value is -2.18. The fourth-order valence-corrected chi connectivity index (χ4v) is 3.16. The van der Waals surface area contributed by atoms with Gasteiger partial charge < -0.3 is 5.32 Å². The lowest BCUT2D eigenvalue weighted by atomic mass is 10.1. The Morgan fingerprint density at radius 3 is 2.29 bits per heavy atom. The van der Waals surface area contributed by atoms with Gasteiger partial charge in [0.2, 0.25) is 15.9 Å². The van der Waals surface area contributed by atoms with E-state index in [1.165, 1.54) is 26.2 Å². The Morgan fingerprint density at radius 1 is 1.04 bits per heavy atom. The van der Waals surface area contributed by atoms with Gasteiger partial charge in [0.15, 0.2) is 0 Å². The van der Waals surface area contributed by atoms with Crippen molar-refractivity contribution in [1.29, 1.82) is 0 Å². The van der Waals surface area contributed by atoms with Crippen molar-refractivity contribution in [3.05, 3.63) is 65.2 Å². The van der Waals surface area contributed by atoms with Crippen LogP contribution in [0.1, 0.15) is 16.7 Å². The summed E-state index contributed by atoms with van der Waals surface area (Å²) in [4.78, 5) is 12.2. The molecule has 24 heavy (non-hydrogen) atoms. The molecule has 0 fully saturated rings. The average Bonchev–Trinajstić information content (AvgIpc) is 2.53. The lowest BCUT2D eigenvalue weighted by molar-refractivity contribution is -0.120. The van der Waals surface area contributed by atoms with Gasteiger partial charge in [-0.2, -0.15) is 0 Å². The highest BCUT2D eigenvalue weighted by molar-refractivity contribution is 7.89. The van der Waals surface area contributed by atoms with Gasteiger partial charge in [-0.3, -0.25) is 4.79 Å². The molecule has 0 aliphatic rings. The molecule has 0 atom stereocenters. The third-order valence-corrected chi connectivity index (χ3v) is 5.47. The number of amides is 1. The molecule has 6 heteroatoms. The first kappa shape index (κ1) is 18.2. The molecule has 2 rings (SSSR count). The number of nitrogens with one attached hydrogen (secondary N) is 1. The molecule has 2 aromatic carbocycles. The van der Waals surface area contributed by atoms with E-state index in [2.05, 4.69) is 5.32 Å². The molecule has 5 nitrogen and oxygen atoms in total. The largest absolute Gasteiger partial charge is 0.352 e. The summed E-state index contributed by atoms with van der Waals surface area (Å²) in [6.45, 7) is 2.49. The Labute approximate surface area is 143 Å². The van der Waals surface area contributed by atoms with Crippen LogP contribution in [0.2, 0.25) is 0 Å². The topological polar surface area (TPSA) is 66.5 Å². The molecule has 0 radical (unpaired) electrons. The van der Waals surface area contributed by atoms with E-state index in [-0.39, 0.29) is 17.2 Å². The van der Waals surface area contributed by atoms with Crippen LogP contribution in [0.3, 0.4) is 0 Å². The lowest BCUT2D eigenvalue weighted by Gasteiger charge is -2.11. The van der Waals surface area contributed by atoms with Crippen molar-refractivity contribution in [3.63, 3.8) is 0 Å². The van der Waals surface area contributed by atoms with Crippen molar-refractivity contribution in [2.75, 3.05) is 14.1 Å². The average molecular weight is 346 g/mol. The molecule has 0 aromatic heterocycles. The first-order valence-electron chi connectivity index (χ1n) is 7.63. The highest BCUT2D eigenvalue weighted by Gasteiger charge is 2.16. The predicted molar refractivity (Wildman–Crippen MR) is 94.0 cm³/mol. The molecule has 0 spiro atoms. The van der Waals surface area contributed by atoms with Crippen LogP contribution in [0.15, 0.2) is 53.4 Å². The summed E-state index contributed by atoms with van der Waals surface area (Å²) in [6.07, 6.45) is 0.216. The number of rotatable bonds is 6. The molecule has 0 aliphatic heterocycles. The van der Waals surface area contributed by atoms with Crippen LogP contribution in [-0.4, -0.2) is 32.7 Å². The van der Waals surface area contributed by atoms with Crippen molar-refractivity contribution in [3.8, 4) is 0 Å². The molecule has 128 valence electrons. The minimum atomic E-state index is -3.44. The van der Waals surface area contributed by atoms with Gasteiger partial charge in [0.05, 0.1) is 11.3 Å². The Balaban J connectivity index is 1.95. The van der Waals surface area contributed by atoms with Crippen LogP contribution in [0.5, 0.6) is 0 Å². The van der Waals surface area contributed by atoms with Gasteiger partial charge in [-0.15, -0.1) is 0 Å². The fraction of sp³-hybridized carbons (Fsp3) is 0.278. The zero-order chi connectivity index (χ0) is 17.7. The van der Waals surface area contributed by atoms with Gasteiger partial charge in [0, 0.05) is 20.6 Å². The quantitative estimate of drug-likeness (QED) is 0.871. The number of hydrogen-bond donors (Lipinski definition) is 1. The zero-order valence-corrected chi connectivity index (χ0v) is 14.9. The molecule has 2 aromatic rings. The van der Waals surface area contributed by atoms with Gasteiger partial charge in [-0.1, -0.05) is 42.0 Å². The van der Waals surface area contributed by atoms with Crippen LogP contribution in [-0.2, 0) is 27.8 Å². The second-order valence-corrected chi connectivity index (χ2v) is 8.03. The first-order valence-corrected chi connectivity index (χ1v) is 9.07. The normalized spacial score (nSPS) is 11.5. The van der Waals surface area contributed by atoms with Gasteiger partial charge in [0.25, 0.3) is 0 Å². The van der Waals surface area contributed by atoms with Crippen LogP contribution in [0, 0.1) is 6.92 Å². The van der Waals surface area contributed by atoms with Crippen LogP contribution < -0.4 is 5.32 Å². The second-order valence-electron chi connectivity index (χ2n) is 5.87. The summed E-state index contributed by atoms with van der Waals surface area (Å²) in [5, 5.41) is 2.87. The highest BCUT2D eigenvalue weighted by atomic mass is 32.2. The maximum Gasteiger partial charge on any atom is 0.242 e. The van der Waals surface area contributed by atoms with Gasteiger partial charge in [0.1, 0.15) is 0 Å². The Morgan fingerprint density at radius 2 is 1.71 bits per heavy atom. The minimum absolute atomic E-state index is 0.0975. The van der Waals surface area contributed by atoms with Crippen molar-refractivity contribution >= 4 is 15.9 Å². The molecular weight excluding hydrogens is 324 g/mol. The van der Waals surface area contributed by atoms with Crippen molar-refractivity contribution in [1.82, 2.24) is 9.62 Å².